The highest BCUT2D eigenvalue weighted by molar-refractivity contribution is 8.04. The van der Waals surface area contributed by atoms with Crippen molar-refractivity contribution in [3.8, 4) is 0 Å². The topological polar surface area (TPSA) is 80.0 Å². The first-order valence-corrected chi connectivity index (χ1v) is 10.00. The zero-order valence-electron chi connectivity index (χ0n) is 15.0. The fourth-order valence-corrected chi connectivity index (χ4v) is 5.91. The molecule has 5 nitrogen and oxygen atoms in total. The van der Waals surface area contributed by atoms with Gasteiger partial charge in [0.1, 0.15) is 5.84 Å². The van der Waals surface area contributed by atoms with Crippen LogP contribution in [0.2, 0.25) is 0 Å². The molecule has 4 rings (SSSR count). The van der Waals surface area contributed by atoms with Crippen molar-refractivity contribution in [1.29, 1.82) is 0 Å². The van der Waals surface area contributed by atoms with E-state index in [1.165, 1.54) is 19.3 Å². The van der Waals surface area contributed by atoms with Gasteiger partial charge in [-0.2, -0.15) is 4.99 Å². The Hall–Kier alpha value is -1.01. The molecule has 0 aromatic heterocycles. The molecule has 24 heavy (non-hydrogen) atoms. The van der Waals surface area contributed by atoms with Crippen LogP contribution in [0.3, 0.4) is 0 Å². The van der Waals surface area contributed by atoms with Crippen molar-refractivity contribution in [1.82, 2.24) is 4.90 Å². The van der Waals surface area contributed by atoms with E-state index in [2.05, 4.69) is 30.7 Å². The van der Waals surface area contributed by atoms with E-state index in [9.17, 15) is 0 Å². The summed E-state index contributed by atoms with van der Waals surface area (Å²) in [5, 5.41) is 0.333. The summed E-state index contributed by atoms with van der Waals surface area (Å²) < 4.78 is 0. The van der Waals surface area contributed by atoms with Crippen molar-refractivity contribution in [3.63, 3.8) is 0 Å². The normalized spacial score (nSPS) is 33.7. The molecule has 1 fully saturated rings. The lowest BCUT2D eigenvalue weighted by Gasteiger charge is -2.44. The summed E-state index contributed by atoms with van der Waals surface area (Å²) in [6.45, 7) is 9.88. The van der Waals surface area contributed by atoms with Crippen molar-refractivity contribution in [2.45, 2.75) is 51.3 Å². The molecule has 3 atom stereocenters. The number of likely N-dealkylation sites (tertiary alicyclic amines) is 1. The van der Waals surface area contributed by atoms with Crippen LogP contribution in [0.4, 0.5) is 0 Å². The molecule has 3 unspecified atom stereocenters. The van der Waals surface area contributed by atoms with E-state index in [1.807, 2.05) is 11.8 Å². The Balaban J connectivity index is 1.55. The SMILES string of the molecule is CC(C)(C)C1CCC2=C(C1)C1N=C(N)N=C(N3CC(CN)C3)C1S2. The molecule has 3 heterocycles. The first-order chi connectivity index (χ1) is 11.4. The number of nitrogens with two attached hydrogens (primary N) is 2. The highest BCUT2D eigenvalue weighted by Gasteiger charge is 2.47. The number of guanidine groups is 1. The van der Waals surface area contributed by atoms with Gasteiger partial charge in [-0.05, 0) is 47.6 Å². The number of thioether (sulfide) groups is 1. The summed E-state index contributed by atoms with van der Waals surface area (Å²) in [4.78, 5) is 13.3. The van der Waals surface area contributed by atoms with Crippen LogP contribution in [0.15, 0.2) is 20.5 Å². The second-order valence-electron chi connectivity index (χ2n) is 8.70. The molecule has 6 heteroatoms. The van der Waals surface area contributed by atoms with Crippen LogP contribution in [0.1, 0.15) is 40.0 Å². The predicted molar refractivity (Wildman–Crippen MR) is 102 cm³/mol. The lowest BCUT2D eigenvalue weighted by Crippen LogP contribution is -2.57. The van der Waals surface area contributed by atoms with Gasteiger partial charge in [-0.15, -0.1) is 11.8 Å². The first-order valence-electron chi connectivity index (χ1n) is 9.12. The monoisotopic (exact) mass is 347 g/mol. The molecular weight excluding hydrogens is 318 g/mol. The highest BCUT2D eigenvalue weighted by atomic mass is 32.2. The lowest BCUT2D eigenvalue weighted by atomic mass is 9.71. The maximum Gasteiger partial charge on any atom is 0.217 e. The minimum absolute atomic E-state index is 0.208. The van der Waals surface area contributed by atoms with E-state index in [0.717, 1.165) is 31.4 Å². The van der Waals surface area contributed by atoms with Gasteiger partial charge in [0.05, 0.1) is 11.3 Å². The standard InChI is InChI=1S/C18H29N5S/c1-18(2,3)11-4-5-13-12(6-11)14-15(24-13)16(22-17(20)21-14)23-8-10(7-19)9-23/h10-11,14-15H,4-9,19H2,1-3H3,(H2,20,21). The van der Waals surface area contributed by atoms with E-state index >= 15 is 0 Å². The van der Waals surface area contributed by atoms with Crippen LogP contribution in [0, 0.1) is 17.3 Å². The van der Waals surface area contributed by atoms with E-state index < -0.39 is 0 Å². The summed E-state index contributed by atoms with van der Waals surface area (Å²) in [5.74, 6) is 2.93. The summed E-state index contributed by atoms with van der Waals surface area (Å²) in [5.41, 5.74) is 13.8. The summed E-state index contributed by atoms with van der Waals surface area (Å²) in [6.07, 6.45) is 3.66. The van der Waals surface area contributed by atoms with Crippen LogP contribution in [-0.4, -0.2) is 47.6 Å². The van der Waals surface area contributed by atoms with Gasteiger partial charge < -0.3 is 16.4 Å². The molecule has 3 aliphatic heterocycles. The van der Waals surface area contributed by atoms with E-state index in [4.69, 9.17) is 16.5 Å². The van der Waals surface area contributed by atoms with Gasteiger partial charge in [-0.1, -0.05) is 20.8 Å². The molecule has 4 aliphatic rings. The molecule has 1 aliphatic carbocycles. The third-order valence-corrected chi connectivity index (χ3v) is 7.52. The lowest BCUT2D eigenvalue weighted by molar-refractivity contribution is 0.190. The minimum atomic E-state index is 0.208. The molecule has 0 amide bonds. The van der Waals surface area contributed by atoms with Crippen molar-refractivity contribution in [2.24, 2.45) is 38.7 Å². The molecule has 0 spiro atoms. The number of amidine groups is 1. The van der Waals surface area contributed by atoms with Gasteiger partial charge in [-0.3, -0.25) is 0 Å². The number of rotatable bonds is 1. The van der Waals surface area contributed by atoms with Gasteiger partial charge in [0.2, 0.25) is 5.96 Å². The van der Waals surface area contributed by atoms with Gasteiger partial charge in [0.15, 0.2) is 0 Å². The maximum atomic E-state index is 6.09. The molecule has 4 N–H and O–H groups in total. The Labute approximate surface area is 149 Å². The summed E-state index contributed by atoms with van der Waals surface area (Å²) in [7, 11) is 0. The maximum absolute atomic E-state index is 6.09. The molecule has 1 saturated heterocycles. The van der Waals surface area contributed by atoms with Crippen LogP contribution < -0.4 is 11.5 Å². The van der Waals surface area contributed by atoms with E-state index in [0.29, 0.717) is 22.5 Å². The fraction of sp³-hybridized carbons (Fsp3) is 0.778. The zero-order chi connectivity index (χ0) is 17.1. The van der Waals surface area contributed by atoms with Crippen molar-refractivity contribution >= 4 is 23.6 Å². The Kier molecular flexibility index (Phi) is 3.95. The second kappa shape index (κ2) is 5.77. The summed E-state index contributed by atoms with van der Waals surface area (Å²) >= 11 is 2.00. The van der Waals surface area contributed by atoms with Crippen LogP contribution in [0.25, 0.3) is 0 Å². The zero-order valence-corrected chi connectivity index (χ0v) is 15.8. The molecule has 0 radical (unpaired) electrons. The van der Waals surface area contributed by atoms with Crippen molar-refractivity contribution in [3.05, 3.63) is 10.5 Å². The van der Waals surface area contributed by atoms with Crippen LogP contribution >= 0.6 is 11.8 Å². The number of fused-ring (bicyclic) bond motifs is 2. The Morgan fingerprint density at radius 3 is 2.71 bits per heavy atom. The Morgan fingerprint density at radius 1 is 1.29 bits per heavy atom. The smallest absolute Gasteiger partial charge is 0.217 e. The Morgan fingerprint density at radius 2 is 2.04 bits per heavy atom. The number of nitrogens with zero attached hydrogens (tertiary/aromatic N) is 3. The van der Waals surface area contributed by atoms with Crippen molar-refractivity contribution < 1.29 is 0 Å². The van der Waals surface area contributed by atoms with Crippen LogP contribution in [-0.2, 0) is 0 Å². The van der Waals surface area contributed by atoms with Crippen LogP contribution in [0.5, 0.6) is 0 Å². The second-order valence-corrected chi connectivity index (χ2v) is 9.94. The number of hydrogen-bond donors (Lipinski definition) is 2. The molecule has 0 aromatic carbocycles. The average Bonchev–Trinajstić information content (AvgIpc) is 2.83. The molecule has 0 saturated carbocycles. The van der Waals surface area contributed by atoms with Gasteiger partial charge in [0, 0.05) is 19.0 Å². The highest BCUT2D eigenvalue weighted by Crippen LogP contribution is 2.52. The molecule has 132 valence electrons. The van der Waals surface area contributed by atoms with Gasteiger partial charge >= 0.3 is 0 Å². The molecule has 0 bridgehead atoms. The van der Waals surface area contributed by atoms with Crippen molar-refractivity contribution in [2.75, 3.05) is 19.6 Å². The van der Waals surface area contributed by atoms with E-state index in [1.54, 1.807) is 10.5 Å². The van der Waals surface area contributed by atoms with Gasteiger partial charge in [0.25, 0.3) is 0 Å². The molecular formula is C18H29N5S. The van der Waals surface area contributed by atoms with E-state index in [-0.39, 0.29) is 6.04 Å². The molecule has 0 aromatic rings. The minimum Gasteiger partial charge on any atom is -0.368 e. The third-order valence-electron chi connectivity index (χ3n) is 6.05. The number of allylic oxidation sites excluding steroid dienone is 1. The average molecular weight is 348 g/mol. The Bertz CT molecular complexity index is 624. The first kappa shape index (κ1) is 16.5. The van der Waals surface area contributed by atoms with Gasteiger partial charge in [-0.25, -0.2) is 4.99 Å². The number of aliphatic imine (C=N–C) groups is 2. The fourth-order valence-electron chi connectivity index (χ4n) is 4.36. The predicted octanol–water partition coefficient (Wildman–Crippen LogP) is 2.19. The third kappa shape index (κ3) is 2.68. The number of hydrogen-bond acceptors (Lipinski definition) is 6. The summed E-state index contributed by atoms with van der Waals surface area (Å²) in [6, 6.07) is 0.208. The quantitative estimate of drug-likeness (QED) is 0.762. The largest absolute Gasteiger partial charge is 0.368 e.